The largest absolute Gasteiger partial charge is 0.454 e. The monoisotopic (exact) mass is 462 g/mol. The predicted molar refractivity (Wildman–Crippen MR) is 121 cm³/mol. The molecule has 1 atom stereocenters. The summed E-state index contributed by atoms with van der Waals surface area (Å²) in [6.45, 7) is 2.22. The first-order valence-electron chi connectivity index (χ1n) is 11.4. The van der Waals surface area contributed by atoms with E-state index in [1.807, 2.05) is 12.1 Å². The zero-order chi connectivity index (χ0) is 23.1. The highest BCUT2D eigenvalue weighted by molar-refractivity contribution is 5.83. The SMILES string of the molecule is O=c1[nH]c2cc3c(cc2cc1[C@H](c1nnnn1Cc1ccc(F)cc1)N1CCCCC1)OCO3. The highest BCUT2D eigenvalue weighted by Crippen LogP contribution is 2.36. The molecule has 0 radical (unpaired) electrons. The van der Waals surface area contributed by atoms with Gasteiger partial charge in [-0.05, 0) is 66.2 Å². The van der Waals surface area contributed by atoms with E-state index in [-0.39, 0.29) is 18.2 Å². The summed E-state index contributed by atoms with van der Waals surface area (Å²) >= 11 is 0. The van der Waals surface area contributed by atoms with Crippen molar-refractivity contribution in [2.75, 3.05) is 19.9 Å². The standard InChI is InChI=1S/C24H23FN6O3/c25-17-6-4-15(5-7-17)13-31-23(27-28-29-31)22(30-8-2-1-3-9-30)18-10-16-11-20-21(34-14-33-20)12-19(16)26-24(18)32/h4-7,10-12,22H,1-3,8-9,13-14H2,(H,26,32)/t22-/m1/s1. The molecule has 6 rings (SSSR count). The first-order valence-corrected chi connectivity index (χ1v) is 11.4. The summed E-state index contributed by atoms with van der Waals surface area (Å²) in [4.78, 5) is 18.6. The van der Waals surface area contributed by atoms with Crippen LogP contribution in [-0.2, 0) is 6.54 Å². The van der Waals surface area contributed by atoms with Crippen molar-refractivity contribution >= 4 is 10.9 Å². The second kappa shape index (κ2) is 8.53. The van der Waals surface area contributed by atoms with E-state index in [1.54, 1.807) is 22.9 Å². The molecule has 0 amide bonds. The Kier molecular flexibility index (Phi) is 5.21. The number of piperidine rings is 1. The molecule has 2 aliphatic rings. The average molecular weight is 462 g/mol. The first-order chi connectivity index (χ1) is 16.7. The van der Waals surface area contributed by atoms with E-state index in [4.69, 9.17) is 9.47 Å². The summed E-state index contributed by atoms with van der Waals surface area (Å²) in [7, 11) is 0. The van der Waals surface area contributed by atoms with Crippen molar-refractivity contribution in [1.29, 1.82) is 0 Å². The number of nitrogens with zero attached hydrogens (tertiary/aromatic N) is 5. The minimum atomic E-state index is -0.422. The molecule has 4 aromatic rings. The summed E-state index contributed by atoms with van der Waals surface area (Å²) in [6.07, 6.45) is 3.24. The number of pyridine rings is 1. The summed E-state index contributed by atoms with van der Waals surface area (Å²) in [5.41, 5.74) is 1.93. The number of halogens is 1. The predicted octanol–water partition coefficient (Wildman–Crippen LogP) is 3.01. The second-order valence-corrected chi connectivity index (χ2v) is 8.67. The third-order valence-electron chi connectivity index (χ3n) is 6.47. The molecule has 4 heterocycles. The van der Waals surface area contributed by atoms with Crippen LogP contribution in [0.3, 0.4) is 0 Å². The van der Waals surface area contributed by atoms with Crippen LogP contribution in [0.1, 0.15) is 42.3 Å². The van der Waals surface area contributed by atoms with Gasteiger partial charge < -0.3 is 14.5 Å². The molecule has 1 fully saturated rings. The van der Waals surface area contributed by atoms with Crippen LogP contribution in [0.2, 0.25) is 0 Å². The number of nitrogens with one attached hydrogen (secondary N) is 1. The van der Waals surface area contributed by atoms with Gasteiger partial charge in [0, 0.05) is 17.0 Å². The van der Waals surface area contributed by atoms with Gasteiger partial charge in [-0.25, -0.2) is 9.07 Å². The molecule has 2 aromatic carbocycles. The van der Waals surface area contributed by atoms with Crippen LogP contribution in [0.25, 0.3) is 10.9 Å². The summed E-state index contributed by atoms with van der Waals surface area (Å²) in [6, 6.07) is 11.4. The van der Waals surface area contributed by atoms with E-state index < -0.39 is 6.04 Å². The van der Waals surface area contributed by atoms with Gasteiger partial charge in [-0.2, -0.15) is 0 Å². The molecule has 0 spiro atoms. The van der Waals surface area contributed by atoms with Crippen molar-refractivity contribution in [3.8, 4) is 11.5 Å². The molecule has 0 saturated carbocycles. The molecule has 0 unspecified atom stereocenters. The average Bonchev–Trinajstić information content (AvgIpc) is 3.50. The number of rotatable bonds is 5. The molecule has 174 valence electrons. The third kappa shape index (κ3) is 3.79. The van der Waals surface area contributed by atoms with Crippen LogP contribution in [-0.4, -0.2) is 50.0 Å². The van der Waals surface area contributed by atoms with E-state index in [1.165, 1.54) is 12.1 Å². The number of H-pyrrole nitrogens is 1. The Bertz CT molecular complexity index is 1390. The number of aromatic amines is 1. The van der Waals surface area contributed by atoms with Crippen molar-refractivity contribution in [2.45, 2.75) is 31.8 Å². The van der Waals surface area contributed by atoms with Crippen LogP contribution >= 0.6 is 0 Å². The fraction of sp³-hybridized carbons (Fsp3) is 0.333. The number of likely N-dealkylation sites (tertiary alicyclic amines) is 1. The Morgan fingerprint density at radius 2 is 1.79 bits per heavy atom. The van der Waals surface area contributed by atoms with Crippen molar-refractivity contribution in [2.24, 2.45) is 0 Å². The Morgan fingerprint density at radius 1 is 1.03 bits per heavy atom. The lowest BCUT2D eigenvalue weighted by Gasteiger charge is -2.33. The van der Waals surface area contributed by atoms with E-state index in [9.17, 15) is 9.18 Å². The van der Waals surface area contributed by atoms with Gasteiger partial charge in [-0.3, -0.25) is 9.69 Å². The molecule has 1 N–H and O–H groups in total. The van der Waals surface area contributed by atoms with Gasteiger partial charge in [0.05, 0.1) is 12.1 Å². The lowest BCUT2D eigenvalue weighted by molar-refractivity contribution is 0.174. The van der Waals surface area contributed by atoms with Gasteiger partial charge in [-0.1, -0.05) is 18.6 Å². The van der Waals surface area contributed by atoms with E-state index in [2.05, 4.69) is 25.4 Å². The summed E-state index contributed by atoms with van der Waals surface area (Å²) in [5.74, 6) is 1.56. The third-order valence-corrected chi connectivity index (χ3v) is 6.47. The maximum absolute atomic E-state index is 13.4. The molecule has 2 aliphatic heterocycles. The minimum absolute atomic E-state index is 0.164. The maximum Gasteiger partial charge on any atom is 0.253 e. The van der Waals surface area contributed by atoms with Gasteiger partial charge in [-0.15, -0.1) is 5.10 Å². The van der Waals surface area contributed by atoms with Crippen molar-refractivity contribution in [1.82, 2.24) is 30.1 Å². The van der Waals surface area contributed by atoms with Gasteiger partial charge in [0.2, 0.25) is 6.79 Å². The Morgan fingerprint density at radius 3 is 2.59 bits per heavy atom. The zero-order valence-corrected chi connectivity index (χ0v) is 18.4. The minimum Gasteiger partial charge on any atom is -0.454 e. The smallest absolute Gasteiger partial charge is 0.253 e. The number of benzene rings is 2. The highest BCUT2D eigenvalue weighted by atomic mass is 19.1. The molecule has 10 heteroatoms. The topological polar surface area (TPSA) is 98.2 Å². The van der Waals surface area contributed by atoms with Gasteiger partial charge >= 0.3 is 0 Å². The zero-order valence-electron chi connectivity index (χ0n) is 18.4. The van der Waals surface area contributed by atoms with Crippen LogP contribution in [0.15, 0.2) is 47.3 Å². The molecule has 2 aromatic heterocycles. The lowest BCUT2D eigenvalue weighted by Crippen LogP contribution is -2.38. The number of hydrogen-bond acceptors (Lipinski definition) is 7. The van der Waals surface area contributed by atoms with Crippen LogP contribution < -0.4 is 15.0 Å². The Balaban J connectivity index is 1.45. The van der Waals surface area contributed by atoms with Gasteiger partial charge in [0.15, 0.2) is 17.3 Å². The van der Waals surface area contributed by atoms with Crippen LogP contribution in [0.4, 0.5) is 4.39 Å². The normalized spacial score (nSPS) is 16.7. The molecular formula is C24H23FN6O3. The molecule has 0 bridgehead atoms. The molecule has 0 aliphatic carbocycles. The fourth-order valence-corrected chi connectivity index (χ4v) is 4.77. The van der Waals surface area contributed by atoms with E-state index in [0.717, 1.165) is 43.3 Å². The van der Waals surface area contributed by atoms with E-state index >= 15 is 0 Å². The van der Waals surface area contributed by atoms with Crippen LogP contribution in [0.5, 0.6) is 11.5 Å². The maximum atomic E-state index is 13.4. The van der Waals surface area contributed by atoms with Crippen molar-refractivity contribution < 1.29 is 13.9 Å². The van der Waals surface area contributed by atoms with Crippen molar-refractivity contribution in [3.05, 3.63) is 75.6 Å². The van der Waals surface area contributed by atoms with Gasteiger partial charge in [0.1, 0.15) is 11.9 Å². The number of ether oxygens (including phenoxy) is 2. The second-order valence-electron chi connectivity index (χ2n) is 8.67. The summed E-state index contributed by atoms with van der Waals surface area (Å²) in [5, 5.41) is 13.3. The number of aromatic nitrogens is 5. The molecule has 1 saturated heterocycles. The number of tetrazole rings is 1. The summed E-state index contributed by atoms with van der Waals surface area (Å²) < 4.78 is 26.1. The molecular weight excluding hydrogens is 439 g/mol. The molecule has 34 heavy (non-hydrogen) atoms. The number of hydrogen-bond donors (Lipinski definition) is 1. The fourth-order valence-electron chi connectivity index (χ4n) is 4.77. The van der Waals surface area contributed by atoms with E-state index in [0.29, 0.717) is 34.9 Å². The Hall–Kier alpha value is -3.79. The lowest BCUT2D eigenvalue weighted by atomic mass is 10.00. The number of fused-ring (bicyclic) bond motifs is 2. The quantitative estimate of drug-likeness (QED) is 0.487. The first kappa shape index (κ1) is 20.8. The molecule has 9 nitrogen and oxygen atoms in total. The Labute approximate surface area is 194 Å². The van der Waals surface area contributed by atoms with Gasteiger partial charge in [0.25, 0.3) is 5.56 Å². The highest BCUT2D eigenvalue weighted by Gasteiger charge is 2.31. The van der Waals surface area contributed by atoms with Crippen LogP contribution in [0, 0.1) is 5.82 Å². The van der Waals surface area contributed by atoms with Crippen molar-refractivity contribution in [3.63, 3.8) is 0 Å².